The van der Waals surface area contributed by atoms with E-state index in [0.29, 0.717) is 24.9 Å². The Labute approximate surface area is 154 Å². The number of fused-ring (bicyclic) bond motifs is 1. The van der Waals surface area contributed by atoms with Gasteiger partial charge in [0.05, 0.1) is 6.61 Å². The van der Waals surface area contributed by atoms with Gasteiger partial charge in [-0.2, -0.15) is 0 Å². The largest absolute Gasteiger partial charge is 0.487 e. The lowest BCUT2D eigenvalue weighted by Crippen LogP contribution is -2.36. The van der Waals surface area contributed by atoms with E-state index in [1.165, 1.54) is 0 Å². The monoisotopic (exact) mass is 363 g/mol. The summed E-state index contributed by atoms with van der Waals surface area (Å²) in [7, 11) is 5.41. The van der Waals surface area contributed by atoms with Crippen LogP contribution in [0.2, 0.25) is 0 Å². The predicted molar refractivity (Wildman–Crippen MR) is 94.8 cm³/mol. The highest BCUT2D eigenvalue weighted by atomic mass is 19.1. The van der Waals surface area contributed by atoms with Gasteiger partial charge in [0.15, 0.2) is 17.4 Å². The molecule has 0 spiro atoms. The van der Waals surface area contributed by atoms with Crippen LogP contribution in [0.1, 0.15) is 33.6 Å². The van der Waals surface area contributed by atoms with Crippen LogP contribution in [0.3, 0.4) is 0 Å². The summed E-state index contributed by atoms with van der Waals surface area (Å²) in [5.74, 6) is -0.933. The van der Waals surface area contributed by atoms with Crippen molar-refractivity contribution in [2.45, 2.75) is 39.2 Å². The molecule has 4 nitrogen and oxygen atoms in total. The second kappa shape index (κ2) is 7.08. The summed E-state index contributed by atoms with van der Waals surface area (Å²) < 4.78 is 38.4. The van der Waals surface area contributed by atoms with Gasteiger partial charge in [-0.3, -0.25) is 0 Å². The minimum Gasteiger partial charge on any atom is -0.487 e. The second-order valence-electron chi connectivity index (χ2n) is 8.37. The minimum atomic E-state index is -0.781. The van der Waals surface area contributed by atoms with E-state index in [-0.39, 0.29) is 29.8 Å². The van der Waals surface area contributed by atoms with Crippen LogP contribution < -0.4 is 10.2 Å². The Bertz CT molecular complexity index is 655. The van der Waals surface area contributed by atoms with Crippen LogP contribution in [0.25, 0.3) is 0 Å². The average molecular weight is 363 g/mol. The molecule has 2 radical (unpaired) electrons. The third kappa shape index (κ3) is 4.30. The number of carbonyl (C=O) groups is 1. The number of benzene rings is 1. The first-order chi connectivity index (χ1) is 12.1. The Morgan fingerprint density at radius 2 is 1.73 bits per heavy atom. The zero-order chi connectivity index (χ0) is 19.1. The van der Waals surface area contributed by atoms with Crippen molar-refractivity contribution in [2.75, 3.05) is 19.7 Å². The Morgan fingerprint density at radius 3 is 2.23 bits per heavy atom. The van der Waals surface area contributed by atoms with E-state index in [9.17, 15) is 13.6 Å². The molecule has 1 unspecified atom stereocenters. The summed E-state index contributed by atoms with van der Waals surface area (Å²) in [5.41, 5.74) is -0.469. The molecule has 26 heavy (non-hydrogen) atoms. The lowest BCUT2D eigenvalue weighted by Gasteiger charge is -2.25. The van der Waals surface area contributed by atoms with Gasteiger partial charge in [0.2, 0.25) is 0 Å². The number of likely N-dealkylation sites (tertiary alicyclic amines) is 1. The first-order valence-electron chi connectivity index (χ1n) is 8.97. The van der Waals surface area contributed by atoms with Gasteiger partial charge in [0, 0.05) is 13.1 Å². The number of nitrogens with zero attached hydrogens (tertiary/aromatic N) is 1. The van der Waals surface area contributed by atoms with Crippen LogP contribution in [0, 0.1) is 29.4 Å². The molecule has 7 heteroatoms. The molecule has 1 aromatic carbocycles. The Balaban J connectivity index is 1.51. The summed E-state index contributed by atoms with van der Waals surface area (Å²) in [6, 6.07) is 2.11. The Morgan fingerprint density at radius 1 is 1.19 bits per heavy atom. The third-order valence-corrected chi connectivity index (χ3v) is 4.98. The number of hydrogen-bond acceptors (Lipinski definition) is 3. The zero-order valence-electron chi connectivity index (χ0n) is 15.4. The third-order valence-electron chi connectivity index (χ3n) is 4.98. The quantitative estimate of drug-likeness (QED) is 0.775. The van der Waals surface area contributed by atoms with E-state index in [2.05, 4.69) is 0 Å². The van der Waals surface area contributed by atoms with Crippen molar-refractivity contribution in [2.24, 2.45) is 17.8 Å². The fourth-order valence-corrected chi connectivity index (χ4v) is 3.96. The molecule has 2 aliphatic rings. The number of rotatable bonds is 3. The van der Waals surface area contributed by atoms with Crippen LogP contribution >= 0.6 is 0 Å². The lowest BCUT2D eigenvalue weighted by atomic mass is 9.96. The molecule has 3 rings (SSSR count). The standard InChI is InChI=1S/C19H24BF2NO3/c1-19(2,3)26-18(24)23-8-12-4-11(5-13(12)9-23)10-25-17-15(21)6-14(20)7-16(17)22/h6-7,11-13H,4-5,8-10H2,1-3H3/t11?,12-,13+. The number of carbonyl (C=O) groups excluding carboxylic acids is 1. The summed E-state index contributed by atoms with van der Waals surface area (Å²) in [6.45, 7) is 7.15. The highest BCUT2D eigenvalue weighted by molar-refractivity contribution is 6.32. The molecule has 2 fully saturated rings. The Hall–Kier alpha value is -1.79. The van der Waals surface area contributed by atoms with Gasteiger partial charge in [-0.25, -0.2) is 13.6 Å². The SMILES string of the molecule is [B]c1cc(F)c(OCC2C[C@@H]3CN(C(=O)OC(C)(C)C)C[C@@H]3C2)c(F)c1. The average Bonchev–Trinajstić information content (AvgIpc) is 3.02. The smallest absolute Gasteiger partial charge is 0.410 e. The van der Waals surface area contributed by atoms with E-state index in [1.807, 2.05) is 20.8 Å². The van der Waals surface area contributed by atoms with Gasteiger partial charge >= 0.3 is 6.09 Å². The molecule has 0 N–H and O–H groups in total. The topological polar surface area (TPSA) is 38.8 Å². The second-order valence-corrected chi connectivity index (χ2v) is 8.37. The van der Waals surface area contributed by atoms with E-state index in [1.54, 1.807) is 4.90 Å². The van der Waals surface area contributed by atoms with Gasteiger partial charge in [-0.15, -0.1) is 0 Å². The molecule has 1 saturated heterocycles. The van der Waals surface area contributed by atoms with E-state index >= 15 is 0 Å². The molecule has 0 bridgehead atoms. The molecule has 0 aromatic heterocycles. The highest BCUT2D eigenvalue weighted by Crippen LogP contribution is 2.42. The van der Waals surface area contributed by atoms with Gasteiger partial charge in [-0.05, 0) is 63.5 Å². The highest BCUT2D eigenvalue weighted by Gasteiger charge is 2.43. The Kier molecular flexibility index (Phi) is 5.17. The molecular weight excluding hydrogens is 339 g/mol. The van der Waals surface area contributed by atoms with Gasteiger partial charge < -0.3 is 14.4 Å². The van der Waals surface area contributed by atoms with Gasteiger partial charge in [-0.1, -0.05) is 5.46 Å². The predicted octanol–water partition coefficient (Wildman–Crippen LogP) is 3.03. The molecule has 140 valence electrons. The van der Waals surface area contributed by atoms with Crippen LogP contribution in [0.15, 0.2) is 12.1 Å². The number of ether oxygens (including phenoxy) is 2. The summed E-state index contributed by atoms with van der Waals surface area (Å²) in [6.07, 6.45) is 1.48. The maximum Gasteiger partial charge on any atom is 0.410 e. The molecule has 3 atom stereocenters. The molecule has 1 aliphatic carbocycles. The lowest BCUT2D eigenvalue weighted by molar-refractivity contribution is 0.0276. The fraction of sp³-hybridized carbons (Fsp3) is 0.632. The maximum absolute atomic E-state index is 13.8. The van der Waals surface area contributed by atoms with Gasteiger partial charge in [0.25, 0.3) is 0 Å². The van der Waals surface area contributed by atoms with Crippen molar-refractivity contribution >= 4 is 19.4 Å². The van der Waals surface area contributed by atoms with E-state index in [4.69, 9.17) is 17.3 Å². The molecular formula is C19H24BF2NO3. The normalized spacial score (nSPS) is 25.3. The summed E-state index contributed by atoms with van der Waals surface area (Å²) >= 11 is 0. The van der Waals surface area contributed by atoms with E-state index < -0.39 is 17.2 Å². The van der Waals surface area contributed by atoms with Crippen molar-refractivity contribution < 1.29 is 23.0 Å². The zero-order valence-corrected chi connectivity index (χ0v) is 15.4. The first-order valence-corrected chi connectivity index (χ1v) is 8.97. The van der Waals surface area contributed by atoms with Crippen molar-refractivity contribution in [3.05, 3.63) is 23.8 Å². The molecule has 1 heterocycles. The van der Waals surface area contributed by atoms with E-state index in [0.717, 1.165) is 25.0 Å². The van der Waals surface area contributed by atoms with Crippen LogP contribution in [0.5, 0.6) is 5.75 Å². The van der Waals surface area contributed by atoms with Gasteiger partial charge in [0.1, 0.15) is 13.4 Å². The van der Waals surface area contributed by atoms with Crippen LogP contribution in [-0.2, 0) is 4.74 Å². The van der Waals surface area contributed by atoms with Crippen molar-refractivity contribution in [3.8, 4) is 5.75 Å². The van der Waals surface area contributed by atoms with Crippen LogP contribution in [-0.4, -0.2) is 44.1 Å². The molecule has 1 aromatic rings. The fourth-order valence-electron chi connectivity index (χ4n) is 3.96. The minimum absolute atomic E-state index is 0.0324. The number of amides is 1. The van der Waals surface area contributed by atoms with Crippen LogP contribution in [0.4, 0.5) is 13.6 Å². The molecule has 1 saturated carbocycles. The first kappa shape index (κ1) is 19.0. The molecule has 1 amide bonds. The van der Waals surface area contributed by atoms with Crippen molar-refractivity contribution in [1.82, 2.24) is 4.90 Å². The number of hydrogen-bond donors (Lipinski definition) is 0. The maximum atomic E-state index is 13.8. The van der Waals surface area contributed by atoms with Crippen molar-refractivity contribution in [3.63, 3.8) is 0 Å². The summed E-state index contributed by atoms with van der Waals surface area (Å²) in [5, 5.41) is 0. The molecule has 1 aliphatic heterocycles. The van der Waals surface area contributed by atoms with Crippen molar-refractivity contribution in [1.29, 1.82) is 0 Å². The summed E-state index contributed by atoms with van der Waals surface area (Å²) in [4.78, 5) is 13.9. The number of halogens is 2.